The summed E-state index contributed by atoms with van der Waals surface area (Å²) in [4.78, 5) is 27.7. The van der Waals surface area contributed by atoms with Gasteiger partial charge < -0.3 is 19.7 Å². The highest BCUT2D eigenvalue weighted by atomic mass is 32.2. The SMILES string of the molecule is O=C(NCc1ccc2c(c1)OCO2)c1ccc2c(c1)N(Cc1ccccc1F)C(=O)c1ccccc1S2(=O)=O. The summed E-state index contributed by atoms with van der Waals surface area (Å²) in [6, 6.07) is 21.2. The Hall–Kier alpha value is -4.70. The molecule has 0 fully saturated rings. The molecule has 0 radical (unpaired) electrons. The Labute approximate surface area is 223 Å². The van der Waals surface area contributed by atoms with E-state index in [-0.39, 0.29) is 52.1 Å². The molecular formula is C29H21FN2O6S. The van der Waals surface area contributed by atoms with E-state index in [1.807, 2.05) is 0 Å². The fourth-order valence-electron chi connectivity index (χ4n) is 4.64. The van der Waals surface area contributed by atoms with Crippen molar-refractivity contribution in [2.75, 3.05) is 11.7 Å². The molecule has 0 saturated carbocycles. The highest BCUT2D eigenvalue weighted by molar-refractivity contribution is 7.91. The van der Waals surface area contributed by atoms with E-state index in [9.17, 15) is 22.4 Å². The number of ether oxygens (including phenoxy) is 2. The first-order chi connectivity index (χ1) is 18.8. The van der Waals surface area contributed by atoms with E-state index in [4.69, 9.17) is 9.47 Å². The first-order valence-electron chi connectivity index (χ1n) is 12.0. The number of rotatable bonds is 5. The zero-order valence-electron chi connectivity index (χ0n) is 20.4. The van der Waals surface area contributed by atoms with Gasteiger partial charge in [-0.05, 0) is 54.1 Å². The van der Waals surface area contributed by atoms with Crippen molar-refractivity contribution in [3.05, 3.63) is 113 Å². The highest BCUT2D eigenvalue weighted by Gasteiger charge is 2.36. The van der Waals surface area contributed by atoms with Crippen LogP contribution in [0.1, 0.15) is 31.8 Å². The van der Waals surface area contributed by atoms with Crippen molar-refractivity contribution < 1.29 is 31.9 Å². The predicted octanol–water partition coefficient (Wildman–Crippen LogP) is 4.48. The molecule has 10 heteroatoms. The number of carbonyl (C=O) groups is 2. The van der Waals surface area contributed by atoms with Crippen LogP contribution in [0.2, 0.25) is 0 Å². The number of carbonyl (C=O) groups excluding carboxylic acids is 2. The van der Waals surface area contributed by atoms with Crippen molar-refractivity contribution in [2.24, 2.45) is 0 Å². The Kier molecular flexibility index (Phi) is 6.03. The molecular weight excluding hydrogens is 523 g/mol. The van der Waals surface area contributed by atoms with E-state index in [2.05, 4.69) is 5.32 Å². The number of nitrogens with zero attached hydrogens (tertiary/aromatic N) is 1. The molecule has 2 amide bonds. The Balaban J connectivity index is 1.38. The Bertz CT molecular complexity index is 1750. The van der Waals surface area contributed by atoms with E-state index in [0.717, 1.165) is 5.56 Å². The fraction of sp³-hybridized carbons (Fsp3) is 0.103. The van der Waals surface area contributed by atoms with Gasteiger partial charge in [-0.1, -0.05) is 36.4 Å². The van der Waals surface area contributed by atoms with Gasteiger partial charge in [0, 0.05) is 17.7 Å². The number of nitrogens with one attached hydrogen (secondary N) is 1. The number of halogens is 1. The lowest BCUT2D eigenvalue weighted by molar-refractivity contribution is 0.0947. The van der Waals surface area contributed by atoms with E-state index in [1.165, 1.54) is 59.5 Å². The van der Waals surface area contributed by atoms with Crippen LogP contribution in [0.5, 0.6) is 11.5 Å². The van der Waals surface area contributed by atoms with E-state index in [1.54, 1.807) is 30.3 Å². The number of anilines is 1. The third-order valence-corrected chi connectivity index (χ3v) is 8.49. The van der Waals surface area contributed by atoms with Crippen LogP contribution in [0.3, 0.4) is 0 Å². The molecule has 39 heavy (non-hydrogen) atoms. The minimum absolute atomic E-state index is 0.00446. The zero-order chi connectivity index (χ0) is 27.1. The van der Waals surface area contributed by atoms with Crippen LogP contribution in [-0.4, -0.2) is 27.0 Å². The molecule has 8 nitrogen and oxygen atoms in total. The predicted molar refractivity (Wildman–Crippen MR) is 139 cm³/mol. The molecule has 6 rings (SSSR count). The second-order valence-electron chi connectivity index (χ2n) is 9.04. The first kappa shape index (κ1) is 24.6. The third kappa shape index (κ3) is 4.38. The molecule has 0 atom stereocenters. The van der Waals surface area contributed by atoms with Gasteiger partial charge in [0.2, 0.25) is 16.6 Å². The van der Waals surface area contributed by atoms with E-state index < -0.39 is 27.5 Å². The molecule has 2 aliphatic rings. The van der Waals surface area contributed by atoms with Crippen LogP contribution in [0.4, 0.5) is 10.1 Å². The molecule has 196 valence electrons. The fourth-order valence-corrected chi connectivity index (χ4v) is 6.27. The average molecular weight is 545 g/mol. The summed E-state index contributed by atoms with van der Waals surface area (Å²) >= 11 is 0. The van der Waals surface area contributed by atoms with Crippen molar-refractivity contribution in [3.8, 4) is 11.5 Å². The topological polar surface area (TPSA) is 102 Å². The molecule has 4 aromatic carbocycles. The molecule has 1 N–H and O–H groups in total. The summed E-state index contributed by atoms with van der Waals surface area (Å²) in [5, 5.41) is 2.80. The summed E-state index contributed by atoms with van der Waals surface area (Å²) in [7, 11) is -4.12. The molecule has 0 aromatic heterocycles. The van der Waals surface area contributed by atoms with Gasteiger partial charge in [0.25, 0.3) is 11.8 Å². The van der Waals surface area contributed by atoms with Gasteiger partial charge in [-0.3, -0.25) is 9.59 Å². The number of fused-ring (bicyclic) bond motifs is 3. The van der Waals surface area contributed by atoms with Crippen molar-refractivity contribution in [2.45, 2.75) is 22.9 Å². The molecule has 0 unspecified atom stereocenters. The van der Waals surface area contributed by atoms with Crippen LogP contribution in [0, 0.1) is 5.82 Å². The van der Waals surface area contributed by atoms with E-state index >= 15 is 0 Å². The van der Waals surface area contributed by atoms with Crippen LogP contribution in [0.25, 0.3) is 0 Å². The zero-order valence-corrected chi connectivity index (χ0v) is 21.2. The normalized spacial score (nSPS) is 14.8. The number of benzene rings is 4. The summed E-state index contributed by atoms with van der Waals surface area (Å²) < 4.78 is 52.6. The standard InChI is InChI=1S/C29H21FN2O6S/c30-22-7-3-1-5-20(22)16-32-23-14-19(28(33)31-15-18-9-11-24-25(13-18)38-17-37-24)10-12-27(23)39(35,36)26-8-4-2-6-21(26)29(32)34/h1-14H,15-17H2,(H,31,33). The first-order valence-corrected chi connectivity index (χ1v) is 13.5. The summed E-state index contributed by atoms with van der Waals surface area (Å²) in [5.74, 6) is -0.427. The lowest BCUT2D eigenvalue weighted by Gasteiger charge is -2.24. The monoisotopic (exact) mass is 544 g/mol. The Morgan fingerprint density at radius 1 is 0.897 bits per heavy atom. The number of sulfone groups is 1. The number of amides is 2. The average Bonchev–Trinajstić information content (AvgIpc) is 3.41. The van der Waals surface area contributed by atoms with Gasteiger partial charge in [-0.25, -0.2) is 12.8 Å². The second-order valence-corrected chi connectivity index (χ2v) is 10.9. The van der Waals surface area contributed by atoms with Crippen LogP contribution in [-0.2, 0) is 22.9 Å². The van der Waals surface area contributed by atoms with Gasteiger partial charge in [-0.2, -0.15) is 0 Å². The maximum atomic E-state index is 14.6. The van der Waals surface area contributed by atoms with Crippen molar-refractivity contribution in [1.29, 1.82) is 0 Å². The number of hydrogen-bond acceptors (Lipinski definition) is 6. The summed E-state index contributed by atoms with van der Waals surface area (Å²) in [6.45, 7) is 0.0773. The maximum Gasteiger partial charge on any atom is 0.259 e. The van der Waals surface area contributed by atoms with Crippen molar-refractivity contribution in [1.82, 2.24) is 5.32 Å². The molecule has 2 heterocycles. The van der Waals surface area contributed by atoms with Crippen LogP contribution < -0.4 is 19.7 Å². The molecule has 4 aromatic rings. The molecule has 0 saturated heterocycles. The van der Waals surface area contributed by atoms with Crippen LogP contribution >= 0.6 is 0 Å². The number of hydrogen-bond donors (Lipinski definition) is 1. The van der Waals surface area contributed by atoms with Crippen LogP contribution in [0.15, 0.2) is 94.7 Å². The lowest BCUT2D eigenvalue weighted by atomic mass is 10.1. The molecule has 0 aliphatic carbocycles. The smallest absolute Gasteiger partial charge is 0.259 e. The van der Waals surface area contributed by atoms with E-state index in [0.29, 0.717) is 11.5 Å². The molecule has 0 bridgehead atoms. The summed E-state index contributed by atoms with van der Waals surface area (Å²) in [6.07, 6.45) is 0. The summed E-state index contributed by atoms with van der Waals surface area (Å²) in [5.41, 5.74) is 1.08. The van der Waals surface area contributed by atoms with Gasteiger partial charge in [0.05, 0.1) is 27.6 Å². The van der Waals surface area contributed by atoms with Gasteiger partial charge in [0.1, 0.15) is 5.82 Å². The highest BCUT2D eigenvalue weighted by Crippen LogP contribution is 2.38. The quantitative estimate of drug-likeness (QED) is 0.398. The van der Waals surface area contributed by atoms with Gasteiger partial charge in [-0.15, -0.1) is 0 Å². The molecule has 2 aliphatic heterocycles. The van der Waals surface area contributed by atoms with Gasteiger partial charge >= 0.3 is 0 Å². The van der Waals surface area contributed by atoms with Gasteiger partial charge in [0.15, 0.2) is 11.5 Å². The maximum absolute atomic E-state index is 14.6. The third-order valence-electron chi connectivity index (χ3n) is 6.63. The Morgan fingerprint density at radius 2 is 1.67 bits per heavy atom. The minimum Gasteiger partial charge on any atom is -0.454 e. The molecule has 0 spiro atoms. The second kappa shape index (κ2) is 9.55. The lowest BCUT2D eigenvalue weighted by Crippen LogP contribution is -2.31. The van der Waals surface area contributed by atoms with Crippen molar-refractivity contribution >= 4 is 27.3 Å². The minimum atomic E-state index is -4.12. The largest absolute Gasteiger partial charge is 0.454 e. The van der Waals surface area contributed by atoms with Crippen molar-refractivity contribution in [3.63, 3.8) is 0 Å². The Morgan fingerprint density at radius 3 is 2.51 bits per heavy atom.